The fraction of sp³-hybridized carbons (Fsp3) is 0.667. The molecular formula is C21H33ClN4O2. The number of hydrazine groups is 1. The Hall–Kier alpha value is -1.18. The number of ether oxygens (including phenoxy) is 1. The number of carbonyl (C=O) groups is 1. The summed E-state index contributed by atoms with van der Waals surface area (Å²) < 4.78 is 4.96. The number of rotatable bonds is 9. The van der Waals surface area contributed by atoms with Gasteiger partial charge in [-0.3, -0.25) is 10.2 Å². The molecule has 2 atom stereocenters. The van der Waals surface area contributed by atoms with Gasteiger partial charge in [-0.1, -0.05) is 23.7 Å². The number of piperidine rings is 1. The van der Waals surface area contributed by atoms with Gasteiger partial charge in [-0.05, 0) is 56.0 Å². The molecule has 28 heavy (non-hydrogen) atoms. The summed E-state index contributed by atoms with van der Waals surface area (Å²) in [5, 5.41) is 3.69. The van der Waals surface area contributed by atoms with Crippen molar-refractivity contribution in [2.24, 2.45) is 11.8 Å². The molecule has 0 aromatic heterocycles. The average Bonchev–Trinajstić information content (AvgIpc) is 3.16. The maximum absolute atomic E-state index is 11.8. The van der Waals surface area contributed by atoms with Crippen molar-refractivity contribution in [3.8, 4) is 0 Å². The van der Waals surface area contributed by atoms with Crippen molar-refractivity contribution in [3.63, 3.8) is 0 Å². The fourth-order valence-corrected chi connectivity index (χ4v) is 4.36. The summed E-state index contributed by atoms with van der Waals surface area (Å²) in [5.74, 6) is 1.36. The lowest BCUT2D eigenvalue weighted by Crippen LogP contribution is -2.39. The highest BCUT2D eigenvalue weighted by Crippen LogP contribution is 2.29. The van der Waals surface area contributed by atoms with Gasteiger partial charge < -0.3 is 15.0 Å². The monoisotopic (exact) mass is 408 g/mol. The van der Waals surface area contributed by atoms with Crippen molar-refractivity contribution in [2.75, 3.05) is 46.4 Å². The number of hydrogen-bond acceptors (Lipinski definition) is 5. The normalized spacial score (nSPS) is 23.8. The molecule has 1 aromatic carbocycles. The minimum atomic E-state index is 0.147. The van der Waals surface area contributed by atoms with Gasteiger partial charge in [0.25, 0.3) is 0 Å². The van der Waals surface area contributed by atoms with Crippen LogP contribution in [-0.2, 0) is 9.53 Å². The maximum Gasteiger partial charge on any atom is 0.220 e. The lowest BCUT2D eigenvalue weighted by molar-refractivity contribution is -0.121. The van der Waals surface area contributed by atoms with Crippen LogP contribution in [0.25, 0.3) is 0 Å². The number of carbonyl (C=O) groups excluding carboxylic acids is 1. The van der Waals surface area contributed by atoms with E-state index in [0.717, 1.165) is 37.6 Å². The van der Waals surface area contributed by atoms with Crippen LogP contribution in [0.2, 0.25) is 5.02 Å². The van der Waals surface area contributed by atoms with E-state index in [-0.39, 0.29) is 5.91 Å². The summed E-state index contributed by atoms with van der Waals surface area (Å²) in [7, 11) is 1.65. The van der Waals surface area contributed by atoms with Gasteiger partial charge in [0.15, 0.2) is 0 Å². The van der Waals surface area contributed by atoms with E-state index in [9.17, 15) is 4.79 Å². The van der Waals surface area contributed by atoms with Crippen LogP contribution >= 0.6 is 11.6 Å². The second-order valence-corrected chi connectivity index (χ2v) is 8.38. The van der Waals surface area contributed by atoms with Crippen LogP contribution < -0.4 is 16.2 Å². The summed E-state index contributed by atoms with van der Waals surface area (Å²) in [5.41, 5.74) is 8.03. The van der Waals surface area contributed by atoms with Crippen molar-refractivity contribution in [2.45, 2.75) is 31.7 Å². The van der Waals surface area contributed by atoms with Crippen molar-refractivity contribution in [1.82, 2.24) is 21.1 Å². The first-order valence-corrected chi connectivity index (χ1v) is 10.8. The highest BCUT2D eigenvalue weighted by atomic mass is 35.5. The number of likely N-dealkylation sites (tertiary alicyclic amines) is 1. The molecule has 6 nitrogen and oxygen atoms in total. The summed E-state index contributed by atoms with van der Waals surface area (Å²) in [6.07, 6.45) is 3.99. The van der Waals surface area contributed by atoms with Crippen molar-refractivity contribution in [3.05, 3.63) is 34.9 Å². The van der Waals surface area contributed by atoms with Gasteiger partial charge in [-0.15, -0.1) is 0 Å². The Balaban J connectivity index is 1.38. The smallest absolute Gasteiger partial charge is 0.220 e. The summed E-state index contributed by atoms with van der Waals surface area (Å²) in [4.78, 5) is 14.4. The summed E-state index contributed by atoms with van der Waals surface area (Å²) >= 11 is 6.03. The molecule has 2 fully saturated rings. The molecule has 1 aromatic rings. The molecule has 0 spiro atoms. The molecule has 1 amide bonds. The molecule has 3 rings (SSSR count). The zero-order chi connectivity index (χ0) is 19.8. The quantitative estimate of drug-likeness (QED) is 0.547. The molecule has 2 aliphatic heterocycles. The predicted octanol–water partition coefficient (Wildman–Crippen LogP) is 2.36. The Morgan fingerprint density at radius 1 is 1.29 bits per heavy atom. The molecule has 0 saturated carbocycles. The topological polar surface area (TPSA) is 65.6 Å². The van der Waals surface area contributed by atoms with E-state index < -0.39 is 0 Å². The Morgan fingerprint density at radius 3 is 2.75 bits per heavy atom. The molecule has 2 saturated heterocycles. The van der Waals surface area contributed by atoms with Gasteiger partial charge in [0.2, 0.25) is 5.91 Å². The Kier molecular flexibility index (Phi) is 8.55. The Morgan fingerprint density at radius 2 is 2.04 bits per heavy atom. The van der Waals surface area contributed by atoms with Crippen LogP contribution in [0.5, 0.6) is 0 Å². The first-order chi connectivity index (χ1) is 13.7. The average molecular weight is 409 g/mol. The largest absolute Gasteiger partial charge is 0.383 e. The fourth-order valence-electron chi connectivity index (χ4n) is 4.24. The third-order valence-corrected chi connectivity index (χ3v) is 6.18. The van der Waals surface area contributed by atoms with Gasteiger partial charge in [0.05, 0.1) is 12.6 Å². The summed E-state index contributed by atoms with van der Waals surface area (Å²) in [6.45, 7) is 5.50. The van der Waals surface area contributed by atoms with Crippen molar-refractivity contribution in [1.29, 1.82) is 0 Å². The van der Waals surface area contributed by atoms with E-state index in [1.807, 2.05) is 12.1 Å². The molecule has 0 radical (unpaired) electrons. The van der Waals surface area contributed by atoms with Crippen LogP contribution in [0.4, 0.5) is 0 Å². The van der Waals surface area contributed by atoms with Gasteiger partial charge >= 0.3 is 0 Å². The highest BCUT2D eigenvalue weighted by molar-refractivity contribution is 6.30. The molecule has 0 aliphatic carbocycles. The number of amides is 1. The SMILES string of the molecule is COCCNC(=O)CCC1CCN(CC2CNNC2c2ccc(Cl)cc2)CC1. The number of methoxy groups -OCH3 is 1. The van der Waals surface area contributed by atoms with Gasteiger partial charge in [-0.25, -0.2) is 5.43 Å². The molecule has 156 valence electrons. The van der Waals surface area contributed by atoms with Crippen LogP contribution in [-0.4, -0.2) is 57.2 Å². The minimum Gasteiger partial charge on any atom is -0.383 e. The van der Waals surface area contributed by atoms with E-state index in [0.29, 0.717) is 37.5 Å². The number of hydrogen-bond donors (Lipinski definition) is 3. The number of nitrogens with zero attached hydrogens (tertiary/aromatic N) is 1. The third kappa shape index (κ3) is 6.42. The molecule has 2 heterocycles. The molecule has 3 N–H and O–H groups in total. The van der Waals surface area contributed by atoms with Crippen LogP contribution in [0.3, 0.4) is 0 Å². The second-order valence-electron chi connectivity index (χ2n) is 7.94. The maximum atomic E-state index is 11.8. The minimum absolute atomic E-state index is 0.147. The van der Waals surface area contributed by atoms with Gasteiger partial charge in [0.1, 0.15) is 0 Å². The van der Waals surface area contributed by atoms with Crippen molar-refractivity contribution < 1.29 is 9.53 Å². The van der Waals surface area contributed by atoms with E-state index in [2.05, 4.69) is 33.2 Å². The van der Waals surface area contributed by atoms with E-state index in [1.54, 1.807) is 7.11 Å². The lowest BCUT2D eigenvalue weighted by Gasteiger charge is -2.34. The first kappa shape index (κ1) is 21.5. The highest BCUT2D eigenvalue weighted by Gasteiger charge is 2.31. The van der Waals surface area contributed by atoms with Crippen molar-refractivity contribution >= 4 is 17.5 Å². The molecule has 2 unspecified atom stereocenters. The molecule has 0 bridgehead atoms. The number of halogens is 1. The van der Waals surface area contributed by atoms with E-state index in [4.69, 9.17) is 16.3 Å². The number of benzene rings is 1. The zero-order valence-corrected chi connectivity index (χ0v) is 17.5. The van der Waals surface area contributed by atoms with Crippen LogP contribution in [0.15, 0.2) is 24.3 Å². The number of nitrogens with one attached hydrogen (secondary N) is 3. The zero-order valence-electron chi connectivity index (χ0n) is 16.8. The summed E-state index contributed by atoms with van der Waals surface area (Å²) in [6, 6.07) is 8.48. The first-order valence-electron chi connectivity index (χ1n) is 10.4. The Labute approximate surface area is 173 Å². The van der Waals surface area contributed by atoms with Gasteiger partial charge in [-0.2, -0.15) is 0 Å². The van der Waals surface area contributed by atoms with E-state index in [1.165, 1.54) is 18.4 Å². The van der Waals surface area contributed by atoms with Crippen LogP contribution in [0, 0.1) is 11.8 Å². The molecular weight excluding hydrogens is 376 g/mol. The van der Waals surface area contributed by atoms with Crippen LogP contribution in [0.1, 0.15) is 37.3 Å². The third-order valence-electron chi connectivity index (χ3n) is 5.93. The second kappa shape index (κ2) is 11.1. The molecule has 7 heteroatoms. The standard InChI is InChI=1S/C21H33ClN4O2/c1-28-13-10-23-20(27)7-2-16-8-11-26(12-9-16)15-18-14-24-25-21(18)17-3-5-19(22)6-4-17/h3-6,16,18,21,24-25H,2,7-15H2,1H3,(H,23,27). The van der Waals surface area contributed by atoms with Gasteiger partial charge in [0, 0.05) is 44.1 Å². The Bertz CT molecular complexity index is 605. The van der Waals surface area contributed by atoms with E-state index >= 15 is 0 Å². The molecule has 2 aliphatic rings. The predicted molar refractivity (Wildman–Crippen MR) is 112 cm³/mol. The lowest BCUT2D eigenvalue weighted by atomic mass is 9.90.